The Morgan fingerprint density at radius 1 is 1.09 bits per heavy atom. The summed E-state index contributed by atoms with van der Waals surface area (Å²) < 4.78 is 5.22. The van der Waals surface area contributed by atoms with Crippen LogP contribution in [0.2, 0.25) is 0 Å². The van der Waals surface area contributed by atoms with E-state index in [0.717, 1.165) is 6.54 Å². The van der Waals surface area contributed by atoms with Gasteiger partial charge >= 0.3 is 0 Å². The molecular weight excluding hydrogens is 286 g/mol. The molecule has 23 heavy (non-hydrogen) atoms. The highest BCUT2D eigenvalue weighted by atomic mass is 16.5. The Morgan fingerprint density at radius 3 is 2.43 bits per heavy atom. The molecule has 3 nitrogen and oxygen atoms in total. The largest absolute Gasteiger partial charge is 0.497 e. The van der Waals surface area contributed by atoms with Crippen molar-refractivity contribution >= 4 is 5.78 Å². The average Bonchev–Trinajstić information content (AvgIpc) is 2.54. The van der Waals surface area contributed by atoms with Gasteiger partial charge in [0.25, 0.3) is 0 Å². The lowest BCUT2D eigenvalue weighted by molar-refractivity contribution is 0.0778. The molecule has 3 heteroatoms. The molecule has 0 radical (unpaired) electrons. The highest BCUT2D eigenvalue weighted by molar-refractivity contribution is 6.00. The zero-order valence-corrected chi connectivity index (χ0v) is 14.4. The number of ketones is 1. The first-order chi connectivity index (χ1) is 10.9. The zero-order valence-electron chi connectivity index (χ0n) is 14.4. The minimum Gasteiger partial charge on any atom is -0.497 e. The first-order valence-corrected chi connectivity index (χ1v) is 7.84. The van der Waals surface area contributed by atoms with Crippen LogP contribution >= 0.6 is 0 Å². The molecule has 0 amide bonds. The first kappa shape index (κ1) is 17.2. The zero-order chi connectivity index (χ0) is 16.9. The van der Waals surface area contributed by atoms with Gasteiger partial charge in [-0.3, -0.25) is 4.79 Å². The van der Waals surface area contributed by atoms with Gasteiger partial charge in [-0.15, -0.1) is 0 Å². The minimum atomic E-state index is -0.462. The van der Waals surface area contributed by atoms with Crippen molar-refractivity contribution < 1.29 is 9.53 Å². The molecule has 122 valence electrons. The molecule has 0 aromatic heterocycles. The molecule has 0 bridgehead atoms. The van der Waals surface area contributed by atoms with Gasteiger partial charge < -0.3 is 9.64 Å². The van der Waals surface area contributed by atoms with Gasteiger partial charge in [-0.25, -0.2) is 0 Å². The van der Waals surface area contributed by atoms with Crippen LogP contribution in [0.25, 0.3) is 0 Å². The molecular formula is C20H25NO2. The van der Waals surface area contributed by atoms with Crippen molar-refractivity contribution in [2.75, 3.05) is 20.7 Å². The van der Waals surface area contributed by atoms with Crippen LogP contribution in [-0.4, -0.2) is 31.4 Å². The second-order valence-electron chi connectivity index (χ2n) is 6.60. The molecule has 0 saturated heterocycles. The molecule has 0 spiro atoms. The number of rotatable bonds is 7. The lowest BCUT2D eigenvalue weighted by Crippen LogP contribution is -2.37. The van der Waals surface area contributed by atoms with E-state index in [-0.39, 0.29) is 5.78 Å². The monoisotopic (exact) mass is 311 g/mol. The summed E-state index contributed by atoms with van der Waals surface area (Å²) >= 11 is 0. The van der Waals surface area contributed by atoms with Gasteiger partial charge in [0.1, 0.15) is 5.75 Å². The van der Waals surface area contributed by atoms with E-state index in [1.165, 1.54) is 5.56 Å². The molecule has 0 N–H and O–H groups in total. The third-order valence-electron chi connectivity index (χ3n) is 3.91. The molecule has 0 heterocycles. The highest BCUT2D eigenvalue weighted by Crippen LogP contribution is 2.25. The maximum atomic E-state index is 12.8. The number of benzene rings is 2. The smallest absolute Gasteiger partial charge is 0.169 e. The predicted octanol–water partition coefficient (Wildman–Crippen LogP) is 4.04. The molecule has 0 atom stereocenters. The summed E-state index contributed by atoms with van der Waals surface area (Å²) in [6.45, 7) is 5.51. The fourth-order valence-electron chi connectivity index (χ4n) is 2.85. The average molecular weight is 311 g/mol. The Hall–Kier alpha value is -2.13. The van der Waals surface area contributed by atoms with Gasteiger partial charge in [0.05, 0.1) is 7.11 Å². The fraction of sp³-hybridized carbons (Fsp3) is 0.350. The van der Waals surface area contributed by atoms with E-state index >= 15 is 0 Å². The maximum Gasteiger partial charge on any atom is 0.169 e. The summed E-state index contributed by atoms with van der Waals surface area (Å²) in [7, 11) is 3.66. The van der Waals surface area contributed by atoms with E-state index in [4.69, 9.17) is 4.74 Å². The van der Waals surface area contributed by atoms with Gasteiger partial charge in [0.2, 0.25) is 0 Å². The van der Waals surface area contributed by atoms with Crippen molar-refractivity contribution in [2.24, 2.45) is 5.41 Å². The first-order valence-electron chi connectivity index (χ1n) is 7.84. The van der Waals surface area contributed by atoms with Crippen LogP contribution in [0.15, 0.2) is 54.6 Å². The predicted molar refractivity (Wildman–Crippen MR) is 93.9 cm³/mol. The summed E-state index contributed by atoms with van der Waals surface area (Å²) in [4.78, 5) is 15.0. The van der Waals surface area contributed by atoms with Crippen LogP contribution in [0.5, 0.6) is 5.75 Å². The molecule has 2 aromatic rings. The number of carbonyl (C=O) groups is 1. The summed E-state index contributed by atoms with van der Waals surface area (Å²) in [5, 5.41) is 0. The quantitative estimate of drug-likeness (QED) is 0.723. The van der Waals surface area contributed by atoms with Crippen LogP contribution in [0.4, 0.5) is 0 Å². The molecule has 0 fully saturated rings. The lowest BCUT2D eigenvalue weighted by Gasteiger charge is -2.29. The number of hydrogen-bond donors (Lipinski definition) is 0. The van der Waals surface area contributed by atoms with Gasteiger partial charge in [-0.2, -0.15) is 0 Å². The Labute approximate surface area is 138 Å². The fourth-order valence-corrected chi connectivity index (χ4v) is 2.85. The summed E-state index contributed by atoms with van der Waals surface area (Å²) in [5.41, 5.74) is 1.48. The van der Waals surface area contributed by atoms with Crippen molar-refractivity contribution in [2.45, 2.75) is 20.4 Å². The Morgan fingerprint density at radius 2 is 1.78 bits per heavy atom. The summed E-state index contributed by atoms with van der Waals surface area (Å²) in [6.07, 6.45) is 0. The second kappa shape index (κ2) is 7.42. The van der Waals surface area contributed by atoms with Crippen LogP contribution in [0.1, 0.15) is 29.8 Å². The van der Waals surface area contributed by atoms with Gasteiger partial charge in [-0.05, 0) is 24.7 Å². The van der Waals surface area contributed by atoms with E-state index in [1.54, 1.807) is 13.2 Å². The minimum absolute atomic E-state index is 0.135. The molecule has 2 rings (SSSR count). The summed E-state index contributed by atoms with van der Waals surface area (Å²) in [6, 6.07) is 17.7. The van der Waals surface area contributed by atoms with Gasteiger partial charge in [-0.1, -0.05) is 56.3 Å². The standard InChI is InChI=1S/C20H25NO2/c1-20(2,15-21(3)14-16-9-6-5-7-10-16)19(22)17-11-8-12-18(13-17)23-4/h5-13H,14-15H2,1-4H3. The van der Waals surface area contributed by atoms with Crippen LogP contribution in [0.3, 0.4) is 0 Å². The Bertz CT molecular complexity index is 650. The lowest BCUT2D eigenvalue weighted by atomic mass is 9.83. The van der Waals surface area contributed by atoms with Crippen molar-refractivity contribution in [1.82, 2.24) is 4.90 Å². The van der Waals surface area contributed by atoms with E-state index in [9.17, 15) is 4.79 Å². The third kappa shape index (κ3) is 4.67. The third-order valence-corrected chi connectivity index (χ3v) is 3.91. The van der Waals surface area contributed by atoms with Crippen LogP contribution in [-0.2, 0) is 6.54 Å². The van der Waals surface area contributed by atoms with Crippen molar-refractivity contribution in [3.8, 4) is 5.75 Å². The highest BCUT2D eigenvalue weighted by Gasteiger charge is 2.30. The van der Waals surface area contributed by atoms with Crippen molar-refractivity contribution in [1.29, 1.82) is 0 Å². The van der Waals surface area contributed by atoms with E-state index in [0.29, 0.717) is 17.9 Å². The van der Waals surface area contributed by atoms with E-state index in [2.05, 4.69) is 17.0 Å². The van der Waals surface area contributed by atoms with Gasteiger partial charge in [0.15, 0.2) is 5.78 Å². The van der Waals surface area contributed by atoms with E-state index < -0.39 is 5.41 Å². The molecule has 0 aliphatic rings. The molecule has 0 aliphatic carbocycles. The van der Waals surface area contributed by atoms with Crippen LogP contribution in [0, 0.1) is 5.41 Å². The molecule has 0 saturated carbocycles. The number of carbonyl (C=O) groups excluding carboxylic acids is 1. The van der Waals surface area contributed by atoms with Crippen molar-refractivity contribution in [3.63, 3.8) is 0 Å². The number of ether oxygens (including phenoxy) is 1. The second-order valence-corrected chi connectivity index (χ2v) is 6.60. The van der Waals surface area contributed by atoms with Crippen molar-refractivity contribution in [3.05, 3.63) is 65.7 Å². The normalized spacial score (nSPS) is 11.5. The number of Topliss-reactive ketones (excluding diaryl/α,β-unsaturated/α-hetero) is 1. The Balaban J connectivity index is 2.06. The number of hydrogen-bond acceptors (Lipinski definition) is 3. The van der Waals surface area contributed by atoms with Gasteiger partial charge in [0, 0.05) is 24.1 Å². The number of methoxy groups -OCH3 is 1. The molecule has 0 aliphatic heterocycles. The van der Waals surface area contributed by atoms with Crippen LogP contribution < -0.4 is 4.74 Å². The topological polar surface area (TPSA) is 29.5 Å². The molecule has 0 unspecified atom stereocenters. The Kier molecular flexibility index (Phi) is 5.56. The summed E-state index contributed by atoms with van der Waals surface area (Å²) in [5.74, 6) is 0.848. The molecule has 2 aromatic carbocycles. The number of nitrogens with zero attached hydrogens (tertiary/aromatic N) is 1. The van der Waals surface area contributed by atoms with E-state index in [1.807, 2.05) is 57.3 Å². The maximum absolute atomic E-state index is 12.8. The SMILES string of the molecule is COc1cccc(C(=O)C(C)(C)CN(C)Cc2ccccc2)c1.